The van der Waals surface area contributed by atoms with Crippen molar-refractivity contribution in [1.82, 2.24) is 0 Å². The molecule has 17 heavy (non-hydrogen) atoms. The van der Waals surface area contributed by atoms with Crippen molar-refractivity contribution in [2.75, 3.05) is 7.11 Å². The van der Waals surface area contributed by atoms with Gasteiger partial charge < -0.3 is 4.74 Å². The minimum Gasteiger partial charge on any atom is -0.496 e. The van der Waals surface area contributed by atoms with Gasteiger partial charge in [0.05, 0.1) is 7.11 Å². The maximum Gasteiger partial charge on any atom is 0.193 e. The molecule has 0 unspecified atom stereocenters. The third-order valence-corrected chi connectivity index (χ3v) is 2.69. The minimum absolute atomic E-state index is 0.0383. The van der Waals surface area contributed by atoms with E-state index in [1.165, 1.54) is 0 Å². The molecular weight excluding hydrogens is 212 g/mol. The van der Waals surface area contributed by atoms with Crippen LogP contribution in [0.4, 0.5) is 0 Å². The fourth-order valence-electron chi connectivity index (χ4n) is 1.78. The van der Waals surface area contributed by atoms with Gasteiger partial charge in [-0.1, -0.05) is 30.3 Å². The van der Waals surface area contributed by atoms with Gasteiger partial charge in [-0.3, -0.25) is 4.79 Å². The van der Waals surface area contributed by atoms with Gasteiger partial charge in [0.15, 0.2) is 5.78 Å². The average molecular weight is 226 g/mol. The minimum atomic E-state index is 0.0383. The van der Waals surface area contributed by atoms with E-state index in [1.807, 2.05) is 49.4 Å². The molecule has 0 fully saturated rings. The normalized spacial score (nSPS) is 10.0. The monoisotopic (exact) mass is 226 g/mol. The van der Waals surface area contributed by atoms with Crippen LogP contribution in [0.1, 0.15) is 21.5 Å². The molecule has 2 heteroatoms. The largest absolute Gasteiger partial charge is 0.496 e. The fraction of sp³-hybridized carbons (Fsp3) is 0.133. The van der Waals surface area contributed by atoms with E-state index in [9.17, 15) is 4.79 Å². The van der Waals surface area contributed by atoms with Crippen molar-refractivity contribution < 1.29 is 9.53 Å². The predicted molar refractivity (Wildman–Crippen MR) is 67.6 cm³/mol. The van der Waals surface area contributed by atoms with Crippen molar-refractivity contribution in [3.05, 3.63) is 65.2 Å². The Morgan fingerprint density at radius 3 is 2.29 bits per heavy atom. The van der Waals surface area contributed by atoms with Gasteiger partial charge >= 0.3 is 0 Å². The molecule has 2 rings (SSSR count). The third-order valence-electron chi connectivity index (χ3n) is 2.69. The molecule has 2 aromatic carbocycles. The summed E-state index contributed by atoms with van der Waals surface area (Å²) >= 11 is 0. The zero-order valence-electron chi connectivity index (χ0n) is 9.94. The lowest BCUT2D eigenvalue weighted by atomic mass is 10.0. The topological polar surface area (TPSA) is 26.3 Å². The van der Waals surface area contributed by atoms with Crippen molar-refractivity contribution in [1.29, 1.82) is 0 Å². The van der Waals surface area contributed by atoms with Gasteiger partial charge in [-0.2, -0.15) is 0 Å². The number of ether oxygens (including phenoxy) is 1. The van der Waals surface area contributed by atoms with Gasteiger partial charge in [-0.25, -0.2) is 0 Å². The van der Waals surface area contributed by atoms with Crippen molar-refractivity contribution in [3.63, 3.8) is 0 Å². The van der Waals surface area contributed by atoms with E-state index in [-0.39, 0.29) is 5.78 Å². The standard InChI is InChI=1S/C15H14O2/c1-11-10-13(8-9-14(11)17-2)15(16)12-6-4-3-5-7-12/h3-10H,1-2H3. The second-order valence-corrected chi connectivity index (χ2v) is 3.88. The predicted octanol–water partition coefficient (Wildman–Crippen LogP) is 3.23. The second kappa shape index (κ2) is 4.83. The highest BCUT2D eigenvalue weighted by Gasteiger charge is 2.09. The number of methoxy groups -OCH3 is 1. The summed E-state index contributed by atoms with van der Waals surface area (Å²) in [6.07, 6.45) is 0. The van der Waals surface area contributed by atoms with E-state index >= 15 is 0 Å². The van der Waals surface area contributed by atoms with Crippen LogP contribution >= 0.6 is 0 Å². The number of benzene rings is 2. The first-order valence-corrected chi connectivity index (χ1v) is 5.47. The fourth-order valence-corrected chi connectivity index (χ4v) is 1.78. The van der Waals surface area contributed by atoms with Crippen LogP contribution in [-0.2, 0) is 0 Å². The Hall–Kier alpha value is -2.09. The van der Waals surface area contributed by atoms with Crippen molar-refractivity contribution in [2.24, 2.45) is 0 Å². The van der Waals surface area contributed by atoms with Crippen LogP contribution in [0.3, 0.4) is 0 Å². The summed E-state index contributed by atoms with van der Waals surface area (Å²) in [4.78, 5) is 12.2. The molecule has 0 aliphatic rings. The van der Waals surface area contributed by atoms with E-state index in [0.29, 0.717) is 11.1 Å². The lowest BCUT2D eigenvalue weighted by molar-refractivity contribution is 0.103. The second-order valence-electron chi connectivity index (χ2n) is 3.88. The number of aryl methyl sites for hydroxylation is 1. The van der Waals surface area contributed by atoms with Crippen LogP contribution in [-0.4, -0.2) is 12.9 Å². The van der Waals surface area contributed by atoms with Crippen LogP contribution in [0, 0.1) is 6.92 Å². The van der Waals surface area contributed by atoms with E-state index in [0.717, 1.165) is 11.3 Å². The number of hydrogen-bond donors (Lipinski definition) is 0. The Morgan fingerprint density at radius 1 is 1.00 bits per heavy atom. The highest BCUT2D eigenvalue weighted by atomic mass is 16.5. The molecular formula is C15H14O2. The molecule has 0 radical (unpaired) electrons. The maximum atomic E-state index is 12.2. The molecule has 0 aromatic heterocycles. The summed E-state index contributed by atoms with van der Waals surface area (Å²) in [7, 11) is 1.63. The Labute approximate surface area is 101 Å². The van der Waals surface area contributed by atoms with Gasteiger partial charge in [0.1, 0.15) is 5.75 Å². The maximum absolute atomic E-state index is 12.2. The summed E-state index contributed by atoms with van der Waals surface area (Å²) in [5.41, 5.74) is 2.36. The van der Waals surface area contributed by atoms with Crippen molar-refractivity contribution >= 4 is 5.78 Å². The molecule has 0 saturated carbocycles. The van der Waals surface area contributed by atoms with Gasteiger partial charge in [0, 0.05) is 11.1 Å². The van der Waals surface area contributed by atoms with Gasteiger partial charge in [0.25, 0.3) is 0 Å². The number of carbonyl (C=O) groups is 1. The highest BCUT2D eigenvalue weighted by molar-refractivity contribution is 6.09. The summed E-state index contributed by atoms with van der Waals surface area (Å²) in [5, 5.41) is 0. The van der Waals surface area contributed by atoms with E-state index < -0.39 is 0 Å². The Morgan fingerprint density at radius 2 is 1.71 bits per heavy atom. The zero-order chi connectivity index (χ0) is 12.3. The summed E-state index contributed by atoms with van der Waals surface area (Å²) in [5.74, 6) is 0.839. The molecule has 0 bridgehead atoms. The Kier molecular flexibility index (Phi) is 3.24. The molecule has 0 atom stereocenters. The van der Waals surface area contributed by atoms with Crippen LogP contribution in [0.2, 0.25) is 0 Å². The van der Waals surface area contributed by atoms with Crippen LogP contribution < -0.4 is 4.74 Å². The van der Waals surface area contributed by atoms with Gasteiger partial charge in [-0.05, 0) is 30.7 Å². The van der Waals surface area contributed by atoms with Crippen molar-refractivity contribution in [3.8, 4) is 5.75 Å². The summed E-state index contributed by atoms with van der Waals surface area (Å²) in [6.45, 7) is 1.93. The number of rotatable bonds is 3. The van der Waals surface area contributed by atoms with E-state index in [4.69, 9.17) is 4.74 Å². The third kappa shape index (κ3) is 2.36. The zero-order valence-corrected chi connectivity index (χ0v) is 9.94. The molecule has 2 aromatic rings. The quantitative estimate of drug-likeness (QED) is 0.751. The van der Waals surface area contributed by atoms with E-state index in [1.54, 1.807) is 13.2 Å². The van der Waals surface area contributed by atoms with E-state index in [2.05, 4.69) is 0 Å². The summed E-state index contributed by atoms with van der Waals surface area (Å²) < 4.78 is 5.17. The van der Waals surface area contributed by atoms with Crippen LogP contribution in [0.5, 0.6) is 5.75 Å². The molecule has 0 aliphatic heterocycles. The molecule has 0 saturated heterocycles. The summed E-state index contributed by atoms with van der Waals surface area (Å²) in [6, 6.07) is 14.7. The molecule has 0 aliphatic carbocycles. The molecule has 86 valence electrons. The molecule has 0 heterocycles. The SMILES string of the molecule is COc1ccc(C(=O)c2ccccc2)cc1C. The molecule has 0 spiro atoms. The molecule has 0 N–H and O–H groups in total. The average Bonchev–Trinajstić information content (AvgIpc) is 2.39. The molecule has 0 amide bonds. The first-order chi connectivity index (χ1) is 8.22. The Balaban J connectivity index is 2.35. The van der Waals surface area contributed by atoms with Crippen molar-refractivity contribution in [2.45, 2.75) is 6.92 Å². The number of carbonyl (C=O) groups excluding carboxylic acids is 1. The number of ketones is 1. The Bertz CT molecular complexity index is 530. The highest BCUT2D eigenvalue weighted by Crippen LogP contribution is 2.20. The lowest BCUT2D eigenvalue weighted by Crippen LogP contribution is -2.01. The van der Waals surface area contributed by atoms with Gasteiger partial charge in [0.2, 0.25) is 0 Å². The number of hydrogen-bond acceptors (Lipinski definition) is 2. The lowest BCUT2D eigenvalue weighted by Gasteiger charge is -2.06. The van der Waals surface area contributed by atoms with Gasteiger partial charge in [-0.15, -0.1) is 0 Å². The van der Waals surface area contributed by atoms with Crippen LogP contribution in [0.25, 0.3) is 0 Å². The first-order valence-electron chi connectivity index (χ1n) is 5.47. The first kappa shape index (κ1) is 11.4. The van der Waals surface area contributed by atoms with Crippen LogP contribution in [0.15, 0.2) is 48.5 Å². The molecule has 2 nitrogen and oxygen atoms in total. The smallest absolute Gasteiger partial charge is 0.193 e.